The summed E-state index contributed by atoms with van der Waals surface area (Å²) in [5.74, 6) is -2.10. The summed E-state index contributed by atoms with van der Waals surface area (Å²) in [6.45, 7) is 1.61. The third-order valence-corrected chi connectivity index (χ3v) is 1.76. The highest BCUT2D eigenvalue weighted by Crippen LogP contribution is 2.28. The van der Waals surface area contributed by atoms with Gasteiger partial charge in [-0.15, -0.1) is 0 Å². The number of halogens is 2. The lowest BCUT2D eigenvalue weighted by atomic mass is 10.2. The second-order valence-electron chi connectivity index (χ2n) is 2.85. The van der Waals surface area contributed by atoms with Crippen molar-refractivity contribution in [2.75, 3.05) is 12.3 Å². The van der Waals surface area contributed by atoms with Gasteiger partial charge in [-0.2, -0.15) is 0 Å². The average Bonchev–Trinajstić information content (AvgIpc) is 2.21. The standard InChI is InChI=1S/C9H10F2N2O3/c1-2-16-9(15)4-3-5(7(10)11)13-8(12)6(4)14/h3,7,14H,2H2,1H3,(H2,12,13). The van der Waals surface area contributed by atoms with Crippen molar-refractivity contribution in [1.29, 1.82) is 0 Å². The largest absolute Gasteiger partial charge is 0.504 e. The summed E-state index contributed by atoms with van der Waals surface area (Å²) in [5.41, 5.74) is 4.10. The maximum atomic E-state index is 12.4. The maximum absolute atomic E-state index is 12.4. The third kappa shape index (κ3) is 2.36. The van der Waals surface area contributed by atoms with Crippen LogP contribution in [0.5, 0.6) is 5.75 Å². The minimum absolute atomic E-state index is 0.0600. The quantitative estimate of drug-likeness (QED) is 0.771. The Balaban J connectivity index is 3.21. The topological polar surface area (TPSA) is 85.4 Å². The van der Waals surface area contributed by atoms with Gasteiger partial charge < -0.3 is 15.6 Å². The van der Waals surface area contributed by atoms with Gasteiger partial charge in [0.1, 0.15) is 11.3 Å². The van der Waals surface area contributed by atoms with Crippen molar-refractivity contribution in [3.05, 3.63) is 17.3 Å². The molecule has 1 aromatic heterocycles. The molecule has 0 bridgehead atoms. The van der Waals surface area contributed by atoms with E-state index in [1.54, 1.807) is 6.92 Å². The van der Waals surface area contributed by atoms with Crippen LogP contribution in [0.4, 0.5) is 14.6 Å². The van der Waals surface area contributed by atoms with E-state index < -0.39 is 35.2 Å². The van der Waals surface area contributed by atoms with Crippen LogP contribution < -0.4 is 5.73 Å². The van der Waals surface area contributed by atoms with E-state index in [4.69, 9.17) is 5.73 Å². The number of carbonyl (C=O) groups is 1. The number of aromatic nitrogens is 1. The zero-order chi connectivity index (χ0) is 12.3. The molecule has 3 N–H and O–H groups in total. The van der Waals surface area contributed by atoms with E-state index in [-0.39, 0.29) is 6.61 Å². The second kappa shape index (κ2) is 4.73. The fraction of sp³-hybridized carbons (Fsp3) is 0.333. The molecule has 0 aliphatic rings. The third-order valence-electron chi connectivity index (χ3n) is 1.76. The van der Waals surface area contributed by atoms with Gasteiger partial charge in [0.2, 0.25) is 0 Å². The van der Waals surface area contributed by atoms with Crippen LogP contribution in [0.2, 0.25) is 0 Å². The van der Waals surface area contributed by atoms with Crippen molar-refractivity contribution >= 4 is 11.8 Å². The van der Waals surface area contributed by atoms with Crippen LogP contribution in [0, 0.1) is 0 Å². The number of aromatic hydroxyl groups is 1. The lowest BCUT2D eigenvalue weighted by molar-refractivity contribution is 0.0522. The van der Waals surface area contributed by atoms with Crippen LogP contribution >= 0.6 is 0 Å². The molecule has 88 valence electrons. The zero-order valence-corrected chi connectivity index (χ0v) is 8.41. The van der Waals surface area contributed by atoms with Crippen molar-refractivity contribution in [2.24, 2.45) is 0 Å². The number of hydrogen-bond acceptors (Lipinski definition) is 5. The number of carbonyl (C=O) groups excluding carboxylic acids is 1. The molecule has 1 heterocycles. The molecule has 0 spiro atoms. The summed E-state index contributed by atoms with van der Waals surface area (Å²) in [6.07, 6.45) is -2.88. The summed E-state index contributed by atoms with van der Waals surface area (Å²) in [7, 11) is 0. The predicted octanol–water partition coefficient (Wildman–Crippen LogP) is 1.48. The number of nitrogens with two attached hydrogens (primary N) is 1. The lowest BCUT2D eigenvalue weighted by Gasteiger charge is -2.08. The Morgan fingerprint density at radius 2 is 2.31 bits per heavy atom. The van der Waals surface area contributed by atoms with Crippen molar-refractivity contribution in [1.82, 2.24) is 4.98 Å². The van der Waals surface area contributed by atoms with Crippen LogP contribution in [0.25, 0.3) is 0 Å². The van der Waals surface area contributed by atoms with Crippen LogP contribution in [0.3, 0.4) is 0 Å². The summed E-state index contributed by atoms with van der Waals surface area (Å²) >= 11 is 0. The minimum atomic E-state index is -2.88. The SMILES string of the molecule is CCOC(=O)c1cc(C(F)F)nc(N)c1O. The van der Waals surface area contributed by atoms with Crippen molar-refractivity contribution < 1.29 is 23.4 Å². The molecule has 0 saturated carbocycles. The molecule has 0 radical (unpaired) electrons. The normalized spacial score (nSPS) is 10.5. The molecule has 0 atom stereocenters. The number of anilines is 1. The van der Waals surface area contributed by atoms with Gasteiger partial charge in [-0.3, -0.25) is 0 Å². The number of ether oxygens (including phenoxy) is 1. The first kappa shape index (κ1) is 12.2. The summed E-state index contributed by atoms with van der Waals surface area (Å²) in [4.78, 5) is 14.5. The van der Waals surface area contributed by atoms with E-state index in [1.165, 1.54) is 0 Å². The van der Waals surface area contributed by atoms with Gasteiger partial charge in [0, 0.05) is 0 Å². The van der Waals surface area contributed by atoms with E-state index in [0.29, 0.717) is 0 Å². The van der Waals surface area contributed by atoms with Crippen molar-refractivity contribution in [3.8, 4) is 5.75 Å². The van der Waals surface area contributed by atoms with Gasteiger partial charge in [0.25, 0.3) is 6.43 Å². The highest BCUT2D eigenvalue weighted by Gasteiger charge is 2.20. The van der Waals surface area contributed by atoms with Gasteiger partial charge in [-0.05, 0) is 13.0 Å². The van der Waals surface area contributed by atoms with Gasteiger partial charge in [0.15, 0.2) is 11.6 Å². The van der Waals surface area contributed by atoms with Crippen LogP contribution in [0.15, 0.2) is 6.07 Å². The van der Waals surface area contributed by atoms with E-state index in [2.05, 4.69) is 9.72 Å². The Morgan fingerprint density at radius 3 is 2.81 bits per heavy atom. The molecule has 0 amide bonds. The number of hydrogen-bond donors (Lipinski definition) is 2. The zero-order valence-electron chi connectivity index (χ0n) is 8.41. The molecule has 5 nitrogen and oxygen atoms in total. The second-order valence-corrected chi connectivity index (χ2v) is 2.85. The van der Waals surface area contributed by atoms with Crippen molar-refractivity contribution in [2.45, 2.75) is 13.3 Å². The molecule has 16 heavy (non-hydrogen) atoms. The highest BCUT2D eigenvalue weighted by molar-refractivity contribution is 5.94. The Kier molecular flexibility index (Phi) is 3.60. The molecule has 0 aromatic carbocycles. The number of nitrogens with zero attached hydrogens (tertiary/aromatic N) is 1. The fourth-order valence-corrected chi connectivity index (χ4v) is 1.05. The first-order chi connectivity index (χ1) is 7.47. The van der Waals surface area contributed by atoms with Crippen LogP contribution in [0.1, 0.15) is 29.4 Å². The first-order valence-corrected chi connectivity index (χ1v) is 4.42. The Bertz CT molecular complexity index is 410. The average molecular weight is 232 g/mol. The highest BCUT2D eigenvalue weighted by atomic mass is 19.3. The lowest BCUT2D eigenvalue weighted by Crippen LogP contribution is -2.08. The minimum Gasteiger partial charge on any atom is -0.504 e. The summed E-state index contributed by atoms with van der Waals surface area (Å²) in [6, 6.07) is 0.758. The fourth-order valence-electron chi connectivity index (χ4n) is 1.05. The monoisotopic (exact) mass is 232 g/mol. The van der Waals surface area contributed by atoms with E-state index in [0.717, 1.165) is 6.07 Å². The molecular weight excluding hydrogens is 222 g/mol. The molecule has 1 aromatic rings. The number of esters is 1. The van der Waals surface area contributed by atoms with Crippen LogP contribution in [-0.2, 0) is 4.74 Å². The number of pyridine rings is 1. The van der Waals surface area contributed by atoms with Crippen LogP contribution in [-0.4, -0.2) is 22.7 Å². The smallest absolute Gasteiger partial charge is 0.342 e. The molecule has 0 fully saturated rings. The Hall–Kier alpha value is -1.92. The molecule has 0 aliphatic carbocycles. The Morgan fingerprint density at radius 1 is 1.69 bits per heavy atom. The molecule has 0 unspecified atom stereocenters. The van der Waals surface area contributed by atoms with Crippen molar-refractivity contribution in [3.63, 3.8) is 0 Å². The molecule has 0 saturated heterocycles. The first-order valence-electron chi connectivity index (χ1n) is 4.42. The molecule has 7 heteroatoms. The molecular formula is C9H10F2N2O3. The van der Waals surface area contributed by atoms with E-state index >= 15 is 0 Å². The molecule has 1 rings (SSSR count). The van der Waals surface area contributed by atoms with Gasteiger partial charge in [-0.1, -0.05) is 0 Å². The number of alkyl halides is 2. The number of nitrogen functional groups attached to an aromatic ring is 1. The molecule has 0 aliphatic heterocycles. The predicted molar refractivity (Wildman–Crippen MR) is 51.2 cm³/mol. The number of rotatable bonds is 3. The van der Waals surface area contributed by atoms with Gasteiger partial charge in [0.05, 0.1) is 6.61 Å². The summed E-state index contributed by atoms with van der Waals surface area (Å²) < 4.78 is 29.3. The maximum Gasteiger partial charge on any atom is 0.342 e. The Labute approximate surface area is 89.9 Å². The van der Waals surface area contributed by atoms with E-state index in [1.807, 2.05) is 0 Å². The van der Waals surface area contributed by atoms with E-state index in [9.17, 15) is 18.7 Å². The van der Waals surface area contributed by atoms with Gasteiger partial charge in [-0.25, -0.2) is 18.6 Å². The summed E-state index contributed by atoms with van der Waals surface area (Å²) in [5, 5.41) is 9.37. The van der Waals surface area contributed by atoms with Gasteiger partial charge >= 0.3 is 5.97 Å².